The van der Waals surface area contributed by atoms with Crippen molar-refractivity contribution in [3.05, 3.63) is 250 Å². The SMILES string of the molecule is CCCCCCCCCCCC(=O)c1c(OCc2ccccc2)cc(OCc2ccccc2)c([C@H]2c3ccc(OCc4ccccc4)cc3O[C@H](c3ccc(OCc4ccccc4)cc3)[C@@H]2OC(C)=O)c1OCc1ccccc1. The summed E-state index contributed by atoms with van der Waals surface area (Å²) in [6, 6.07) is 65.0. The lowest BCUT2D eigenvalue weighted by Gasteiger charge is -2.40. The zero-order valence-electron chi connectivity index (χ0n) is 45.6. The van der Waals surface area contributed by atoms with Gasteiger partial charge in [-0.3, -0.25) is 9.59 Å². The summed E-state index contributed by atoms with van der Waals surface area (Å²) in [5.74, 6) is 1.31. The summed E-state index contributed by atoms with van der Waals surface area (Å²) in [7, 11) is 0. The number of rotatable bonds is 29. The van der Waals surface area contributed by atoms with Gasteiger partial charge in [0.25, 0.3) is 0 Å². The lowest BCUT2D eigenvalue weighted by atomic mass is 9.78. The van der Waals surface area contributed by atoms with E-state index in [9.17, 15) is 4.79 Å². The van der Waals surface area contributed by atoms with Crippen LogP contribution < -0.4 is 28.4 Å². The molecule has 0 bridgehead atoms. The molecule has 0 fully saturated rings. The van der Waals surface area contributed by atoms with Crippen LogP contribution in [0.4, 0.5) is 0 Å². The van der Waals surface area contributed by atoms with Gasteiger partial charge in [-0.2, -0.15) is 0 Å². The molecule has 0 unspecified atom stereocenters. The molecule has 0 spiro atoms. The van der Waals surface area contributed by atoms with Gasteiger partial charge in [-0.15, -0.1) is 0 Å². The summed E-state index contributed by atoms with van der Waals surface area (Å²) in [5.41, 5.74) is 7.04. The lowest BCUT2D eigenvalue weighted by molar-refractivity contribution is -0.153. The van der Waals surface area contributed by atoms with Gasteiger partial charge in [-0.05, 0) is 58.0 Å². The molecule has 0 saturated carbocycles. The van der Waals surface area contributed by atoms with Gasteiger partial charge in [-0.1, -0.05) is 228 Å². The number of ketones is 1. The van der Waals surface area contributed by atoms with Gasteiger partial charge in [0.15, 0.2) is 18.0 Å². The third-order valence-electron chi connectivity index (χ3n) is 14.3. The number of Topliss-reactive ketones (excluding diaryl/α,β-unsaturated/α-hetero) is 1. The summed E-state index contributed by atoms with van der Waals surface area (Å²) < 4.78 is 47.5. The molecule has 0 saturated heterocycles. The average Bonchev–Trinajstić information content (AvgIpc) is 3.60. The third-order valence-corrected chi connectivity index (χ3v) is 14.3. The van der Waals surface area contributed by atoms with Crippen molar-refractivity contribution in [2.24, 2.45) is 0 Å². The van der Waals surface area contributed by atoms with Crippen molar-refractivity contribution < 1.29 is 42.7 Å². The molecule has 9 nitrogen and oxygen atoms in total. The summed E-state index contributed by atoms with van der Waals surface area (Å²) in [6.45, 7) is 4.83. The van der Waals surface area contributed by atoms with E-state index in [-0.39, 0.29) is 32.0 Å². The van der Waals surface area contributed by atoms with Gasteiger partial charge in [0, 0.05) is 36.6 Å². The Labute approximate surface area is 466 Å². The van der Waals surface area contributed by atoms with Crippen LogP contribution in [0.2, 0.25) is 0 Å². The van der Waals surface area contributed by atoms with Crippen molar-refractivity contribution >= 4 is 11.8 Å². The average molecular weight is 1060 g/mol. The standard InChI is InChI=1S/C70H72O9/c1-3-4-5-6-7-8-9-10-26-37-61(72)66-63(75-48-54-31-20-13-21-32-54)45-64(76-49-55-33-22-14-23-34-55)67(69(66)77-50-56-35-24-15-25-36-56)65-60-43-42-59(74-47-53-29-18-12-19-30-53)44-62(60)79-68(70(65)78-51(2)71)57-38-40-58(41-39-57)73-46-52-27-16-11-17-28-52/h11-25,27-36,38-45,65,68,70H,3-10,26,37,46-50H2,1-2H3/t65-,68-,70-/m1/s1. The highest BCUT2D eigenvalue weighted by molar-refractivity contribution is 6.02. The first-order chi connectivity index (χ1) is 38.9. The van der Waals surface area contributed by atoms with Crippen LogP contribution in [0, 0.1) is 0 Å². The number of esters is 1. The minimum Gasteiger partial charge on any atom is -0.489 e. The summed E-state index contributed by atoms with van der Waals surface area (Å²) in [6.07, 6.45) is 8.33. The molecule has 406 valence electrons. The van der Waals surface area contributed by atoms with E-state index in [4.69, 9.17) is 33.2 Å². The normalized spacial score (nSPS) is 14.5. The van der Waals surface area contributed by atoms with Crippen LogP contribution >= 0.6 is 0 Å². The second kappa shape index (κ2) is 28.9. The maximum Gasteiger partial charge on any atom is 0.303 e. The highest BCUT2D eigenvalue weighted by atomic mass is 16.6. The first kappa shape index (κ1) is 55.5. The smallest absolute Gasteiger partial charge is 0.303 e. The zero-order chi connectivity index (χ0) is 54.4. The van der Waals surface area contributed by atoms with E-state index in [2.05, 4.69) is 6.92 Å². The van der Waals surface area contributed by atoms with Crippen LogP contribution in [0.1, 0.15) is 145 Å². The zero-order valence-corrected chi connectivity index (χ0v) is 45.6. The molecule has 0 aliphatic carbocycles. The number of fused-ring (bicyclic) bond motifs is 1. The fourth-order valence-electron chi connectivity index (χ4n) is 10.1. The summed E-state index contributed by atoms with van der Waals surface area (Å²) >= 11 is 0. The fraction of sp³-hybridized carbons (Fsp3) is 0.286. The Hall–Kier alpha value is -8.30. The van der Waals surface area contributed by atoms with Crippen molar-refractivity contribution in [2.45, 2.75) is 129 Å². The third kappa shape index (κ3) is 15.7. The number of ether oxygens (including phenoxy) is 7. The molecule has 9 rings (SSSR count). The molecule has 8 aromatic carbocycles. The largest absolute Gasteiger partial charge is 0.489 e. The van der Waals surface area contributed by atoms with E-state index in [1.165, 1.54) is 39.0 Å². The molecular weight excluding hydrogens is 985 g/mol. The van der Waals surface area contributed by atoms with Gasteiger partial charge in [0.05, 0.1) is 5.92 Å². The van der Waals surface area contributed by atoms with Crippen LogP contribution in [0.3, 0.4) is 0 Å². The first-order valence-corrected chi connectivity index (χ1v) is 28.1. The monoisotopic (exact) mass is 1060 g/mol. The Morgan fingerprint density at radius 2 is 0.899 bits per heavy atom. The molecule has 0 radical (unpaired) electrons. The highest BCUT2D eigenvalue weighted by Gasteiger charge is 2.46. The van der Waals surface area contributed by atoms with Crippen molar-refractivity contribution in [3.8, 4) is 34.5 Å². The predicted octanol–water partition coefficient (Wildman–Crippen LogP) is 16.9. The lowest BCUT2D eigenvalue weighted by Crippen LogP contribution is -2.39. The van der Waals surface area contributed by atoms with Gasteiger partial charge in [0.2, 0.25) is 0 Å². The van der Waals surface area contributed by atoms with Crippen LogP contribution in [-0.4, -0.2) is 17.9 Å². The Kier molecular flexibility index (Phi) is 20.3. The van der Waals surface area contributed by atoms with Crippen LogP contribution in [0.25, 0.3) is 0 Å². The van der Waals surface area contributed by atoms with E-state index in [0.717, 1.165) is 52.6 Å². The number of benzene rings is 8. The Balaban J connectivity index is 1.21. The second-order valence-electron chi connectivity index (χ2n) is 20.2. The molecule has 1 heterocycles. The van der Waals surface area contributed by atoms with Gasteiger partial charge in [-0.25, -0.2) is 0 Å². The topological polar surface area (TPSA) is 98.8 Å². The fourth-order valence-corrected chi connectivity index (χ4v) is 10.1. The molecular formula is C70H72O9. The molecule has 0 aromatic heterocycles. The molecule has 1 aliphatic heterocycles. The van der Waals surface area contributed by atoms with Crippen molar-refractivity contribution in [2.75, 3.05) is 0 Å². The first-order valence-electron chi connectivity index (χ1n) is 28.1. The number of carbonyl (C=O) groups is 2. The maximum absolute atomic E-state index is 15.5. The minimum absolute atomic E-state index is 0.112. The molecule has 79 heavy (non-hydrogen) atoms. The number of hydrogen-bond acceptors (Lipinski definition) is 9. The van der Waals surface area contributed by atoms with E-state index >= 15 is 4.79 Å². The molecule has 0 N–H and O–H groups in total. The summed E-state index contributed by atoms with van der Waals surface area (Å²) in [4.78, 5) is 29.3. The van der Waals surface area contributed by atoms with Crippen molar-refractivity contribution in [1.82, 2.24) is 0 Å². The highest BCUT2D eigenvalue weighted by Crippen LogP contribution is 2.55. The van der Waals surface area contributed by atoms with Crippen molar-refractivity contribution in [3.63, 3.8) is 0 Å². The second-order valence-corrected chi connectivity index (χ2v) is 20.2. The van der Waals surface area contributed by atoms with Crippen LogP contribution in [0.15, 0.2) is 200 Å². The van der Waals surface area contributed by atoms with Crippen molar-refractivity contribution in [1.29, 1.82) is 0 Å². The Morgan fingerprint density at radius 3 is 1.41 bits per heavy atom. The van der Waals surface area contributed by atoms with E-state index in [1.807, 2.05) is 200 Å². The van der Waals surface area contributed by atoms with E-state index in [1.54, 1.807) is 0 Å². The van der Waals surface area contributed by atoms with Gasteiger partial charge >= 0.3 is 5.97 Å². The number of unbranched alkanes of at least 4 members (excludes halogenated alkanes) is 8. The maximum atomic E-state index is 15.5. The molecule has 9 heteroatoms. The van der Waals surface area contributed by atoms with Gasteiger partial charge < -0.3 is 33.2 Å². The van der Waals surface area contributed by atoms with E-state index in [0.29, 0.717) is 70.8 Å². The van der Waals surface area contributed by atoms with Crippen LogP contribution in [-0.2, 0) is 42.6 Å². The predicted molar refractivity (Wildman–Crippen MR) is 310 cm³/mol. The van der Waals surface area contributed by atoms with Crippen LogP contribution in [0.5, 0.6) is 34.5 Å². The Morgan fingerprint density at radius 1 is 0.456 bits per heavy atom. The molecule has 0 amide bonds. The molecule has 3 atom stereocenters. The number of carbonyl (C=O) groups excluding carboxylic acids is 2. The quantitative estimate of drug-likeness (QED) is 0.0258. The Bertz CT molecular complexity index is 3130. The summed E-state index contributed by atoms with van der Waals surface area (Å²) in [5, 5.41) is 0. The van der Waals surface area contributed by atoms with E-state index < -0.39 is 24.1 Å². The number of hydrogen-bond donors (Lipinski definition) is 0. The van der Waals surface area contributed by atoms with Gasteiger partial charge in [0.1, 0.15) is 73.1 Å². The minimum atomic E-state index is -1.02. The molecule has 1 aliphatic rings. The molecule has 8 aromatic rings.